The first-order chi connectivity index (χ1) is 11.9. The summed E-state index contributed by atoms with van der Waals surface area (Å²) in [6.07, 6.45) is 0. The largest absolute Gasteiger partial charge is 0.376 e. The molecule has 1 amide bonds. The lowest BCUT2D eigenvalue weighted by Gasteiger charge is -2.13. The molecule has 1 unspecified atom stereocenters. The van der Waals surface area contributed by atoms with Crippen molar-refractivity contribution < 1.29 is 9.18 Å². The van der Waals surface area contributed by atoms with Crippen LogP contribution in [0.5, 0.6) is 0 Å². The summed E-state index contributed by atoms with van der Waals surface area (Å²) in [5.41, 5.74) is 5.85. The van der Waals surface area contributed by atoms with Crippen molar-refractivity contribution in [3.63, 3.8) is 0 Å². The van der Waals surface area contributed by atoms with E-state index in [0.717, 1.165) is 0 Å². The van der Waals surface area contributed by atoms with Crippen molar-refractivity contribution in [3.05, 3.63) is 64.9 Å². The van der Waals surface area contributed by atoms with Crippen molar-refractivity contribution in [1.82, 2.24) is 5.32 Å². The van der Waals surface area contributed by atoms with Gasteiger partial charge in [0.05, 0.1) is 11.4 Å². The van der Waals surface area contributed by atoms with Crippen molar-refractivity contribution in [1.29, 1.82) is 5.41 Å². The number of carbonyl (C=O) groups is 1. The highest BCUT2D eigenvalue weighted by Gasteiger charge is 2.25. The molecule has 128 valence electrons. The zero-order chi connectivity index (χ0) is 18.4. The molecule has 4 N–H and O–H groups in total. The number of hydrogen-bond donors (Lipinski definition) is 3. The number of carbonyl (C=O) groups excluding carboxylic acids is 1. The van der Waals surface area contributed by atoms with Crippen molar-refractivity contribution in [2.24, 2.45) is 16.0 Å². The number of nitrogens with two attached hydrogens (primary N) is 1. The molecule has 9 heteroatoms. The first-order valence-electron chi connectivity index (χ1n) is 6.98. The average Bonchev–Trinajstić information content (AvgIpc) is 2.55. The minimum absolute atomic E-state index is 0.181. The fraction of sp³-hybridized carbons (Fsp3) is 0.0625. The number of rotatable bonds is 5. The van der Waals surface area contributed by atoms with E-state index < -0.39 is 17.8 Å². The van der Waals surface area contributed by atoms with Crippen molar-refractivity contribution in [2.45, 2.75) is 6.04 Å². The fourth-order valence-corrected chi connectivity index (χ4v) is 2.17. The number of nitrogens with zero attached hydrogens (tertiary/aromatic N) is 2. The third kappa shape index (κ3) is 5.40. The third-order valence-corrected chi connectivity index (χ3v) is 3.36. The smallest absolute Gasteiger partial charge is 0.259 e. The van der Waals surface area contributed by atoms with Gasteiger partial charge in [0.1, 0.15) is 5.82 Å². The Labute approximate surface area is 153 Å². The zero-order valence-corrected chi connectivity index (χ0v) is 14.3. The van der Waals surface area contributed by atoms with E-state index in [4.69, 9.17) is 22.7 Å². The van der Waals surface area contributed by atoms with Crippen LogP contribution in [0.4, 0.5) is 10.1 Å². The van der Waals surface area contributed by atoms with Gasteiger partial charge in [0.2, 0.25) is 0 Å². The number of amides is 1. The lowest BCUT2D eigenvalue weighted by molar-refractivity contribution is -0.119. The van der Waals surface area contributed by atoms with Gasteiger partial charge >= 0.3 is 0 Å². The Morgan fingerprint density at radius 2 is 1.96 bits per heavy atom. The van der Waals surface area contributed by atoms with Crippen LogP contribution >= 0.6 is 23.8 Å². The molecule has 0 fully saturated rings. The summed E-state index contributed by atoms with van der Waals surface area (Å²) in [6.45, 7) is 0. The maximum Gasteiger partial charge on any atom is 0.259 e. The lowest BCUT2D eigenvalue weighted by Crippen LogP contribution is -2.44. The Hall–Kier alpha value is -2.71. The van der Waals surface area contributed by atoms with Gasteiger partial charge in [0.15, 0.2) is 11.2 Å². The van der Waals surface area contributed by atoms with Crippen LogP contribution in [0, 0.1) is 11.2 Å². The highest BCUT2D eigenvalue weighted by Crippen LogP contribution is 2.19. The molecule has 0 saturated carbocycles. The maximum absolute atomic E-state index is 13.1. The molecule has 2 aromatic carbocycles. The maximum atomic E-state index is 13.1. The summed E-state index contributed by atoms with van der Waals surface area (Å²) >= 11 is 10.5. The molecule has 6 nitrogen and oxygen atoms in total. The van der Waals surface area contributed by atoms with Crippen molar-refractivity contribution in [3.8, 4) is 0 Å². The second-order valence-electron chi connectivity index (χ2n) is 4.87. The Bertz CT molecular complexity index is 841. The summed E-state index contributed by atoms with van der Waals surface area (Å²) < 4.78 is 13.1. The van der Waals surface area contributed by atoms with Gasteiger partial charge in [0, 0.05) is 5.02 Å². The standard InChI is InChI=1S/C16H13ClFN5OS/c17-10-2-1-3-12(8-10)22-23-14(15(24)21-16(20)25)13(19)9-4-6-11(18)7-5-9/h1-8,14,19H,(H3,20,21,24,25). The van der Waals surface area contributed by atoms with Crippen molar-refractivity contribution >= 4 is 46.2 Å². The molecule has 0 spiro atoms. The molecule has 0 saturated heterocycles. The highest BCUT2D eigenvalue weighted by atomic mass is 35.5. The van der Waals surface area contributed by atoms with Gasteiger partial charge < -0.3 is 16.5 Å². The molecule has 0 radical (unpaired) electrons. The molecule has 25 heavy (non-hydrogen) atoms. The quantitative estimate of drug-likeness (QED) is 0.422. The Morgan fingerprint density at radius 3 is 2.56 bits per heavy atom. The van der Waals surface area contributed by atoms with Crippen molar-refractivity contribution in [2.75, 3.05) is 0 Å². The average molecular weight is 378 g/mol. The number of azo groups is 1. The number of nitrogens with one attached hydrogen (secondary N) is 2. The number of thiocarbonyl (C=S) groups is 1. The molecule has 0 bridgehead atoms. The third-order valence-electron chi connectivity index (χ3n) is 3.02. The molecule has 1 atom stereocenters. The van der Waals surface area contributed by atoms with Crippen LogP contribution < -0.4 is 11.1 Å². The van der Waals surface area contributed by atoms with Gasteiger partial charge in [-0.1, -0.05) is 29.8 Å². The highest BCUT2D eigenvalue weighted by molar-refractivity contribution is 7.80. The molecule has 0 aliphatic carbocycles. The van der Waals surface area contributed by atoms with E-state index in [0.29, 0.717) is 16.3 Å². The summed E-state index contributed by atoms with van der Waals surface area (Å²) in [5.74, 6) is -1.17. The summed E-state index contributed by atoms with van der Waals surface area (Å²) in [6, 6.07) is 10.3. The lowest BCUT2D eigenvalue weighted by atomic mass is 10.0. The second-order valence-corrected chi connectivity index (χ2v) is 5.75. The predicted molar refractivity (Wildman–Crippen MR) is 97.9 cm³/mol. The van der Waals surface area contributed by atoms with E-state index in [-0.39, 0.29) is 10.8 Å². The molecule has 0 aliphatic heterocycles. The molecule has 0 aromatic heterocycles. The second kappa shape index (κ2) is 8.41. The van der Waals surface area contributed by atoms with Gasteiger partial charge in [-0.3, -0.25) is 4.79 Å². The summed E-state index contributed by atoms with van der Waals surface area (Å²) in [4.78, 5) is 12.3. The van der Waals surface area contributed by atoms with Gasteiger partial charge in [-0.05, 0) is 48.1 Å². The van der Waals surface area contributed by atoms with E-state index in [1.807, 2.05) is 0 Å². The first kappa shape index (κ1) is 18.6. The normalized spacial score (nSPS) is 11.9. The number of halogens is 2. The van der Waals surface area contributed by atoms with Gasteiger partial charge in [0.25, 0.3) is 5.91 Å². The van der Waals surface area contributed by atoms with E-state index in [1.165, 1.54) is 24.3 Å². The summed E-state index contributed by atoms with van der Waals surface area (Å²) in [7, 11) is 0. The molecule has 0 aliphatic rings. The fourth-order valence-electron chi connectivity index (χ4n) is 1.88. The first-order valence-corrected chi connectivity index (χ1v) is 7.76. The zero-order valence-electron chi connectivity index (χ0n) is 12.7. The predicted octanol–water partition coefficient (Wildman–Crippen LogP) is 3.36. The van der Waals surface area contributed by atoms with Crippen LogP contribution in [0.15, 0.2) is 58.8 Å². The SMILES string of the molecule is N=C(c1ccc(F)cc1)C(N=Nc1cccc(Cl)c1)C(=O)NC(N)=S. The molecule has 0 heterocycles. The van der Waals surface area contributed by atoms with Crippen LogP contribution in [0.1, 0.15) is 5.56 Å². The van der Waals surface area contributed by atoms with E-state index in [9.17, 15) is 9.18 Å². The number of benzene rings is 2. The minimum Gasteiger partial charge on any atom is -0.376 e. The van der Waals surface area contributed by atoms with Gasteiger partial charge in [-0.25, -0.2) is 4.39 Å². The Kier molecular flexibility index (Phi) is 6.26. The van der Waals surface area contributed by atoms with Gasteiger partial charge in [-0.2, -0.15) is 10.2 Å². The molecular weight excluding hydrogens is 365 g/mol. The minimum atomic E-state index is -1.31. The topological polar surface area (TPSA) is 104 Å². The van der Waals surface area contributed by atoms with Crippen LogP contribution in [0.25, 0.3) is 0 Å². The van der Waals surface area contributed by atoms with E-state index in [2.05, 4.69) is 27.8 Å². The number of hydrogen-bond acceptors (Lipinski definition) is 5. The van der Waals surface area contributed by atoms with Crippen LogP contribution in [-0.2, 0) is 4.79 Å². The van der Waals surface area contributed by atoms with Crippen LogP contribution in [0.3, 0.4) is 0 Å². The van der Waals surface area contributed by atoms with Crippen LogP contribution in [-0.4, -0.2) is 22.8 Å². The molecule has 2 aromatic rings. The Balaban J connectivity index is 2.32. The monoisotopic (exact) mass is 377 g/mol. The van der Waals surface area contributed by atoms with Crippen LogP contribution in [0.2, 0.25) is 5.02 Å². The molecule has 2 rings (SSSR count). The molecular formula is C16H13ClFN5OS. The Morgan fingerprint density at radius 1 is 1.28 bits per heavy atom. The summed E-state index contributed by atoms with van der Waals surface area (Å²) in [5, 5.41) is 18.5. The van der Waals surface area contributed by atoms with E-state index >= 15 is 0 Å². The van der Waals surface area contributed by atoms with E-state index in [1.54, 1.807) is 24.3 Å². The van der Waals surface area contributed by atoms with Gasteiger partial charge in [-0.15, -0.1) is 0 Å².